The third kappa shape index (κ3) is 2.26. The van der Waals surface area contributed by atoms with E-state index in [4.69, 9.17) is 5.73 Å². The smallest absolute Gasteiger partial charge is 0.149 e. The molecule has 0 atom stereocenters. The molecule has 1 aromatic heterocycles. The first-order chi connectivity index (χ1) is 9.19. The second kappa shape index (κ2) is 4.74. The van der Waals surface area contributed by atoms with Crippen molar-refractivity contribution in [3.63, 3.8) is 0 Å². The fraction of sp³-hybridized carbons (Fsp3) is 0.429. The molecule has 0 unspecified atom stereocenters. The Morgan fingerprint density at radius 1 is 1.21 bits per heavy atom. The molecule has 4 nitrogen and oxygen atoms in total. The summed E-state index contributed by atoms with van der Waals surface area (Å²) >= 11 is 0. The maximum absolute atomic E-state index is 14.2. The lowest BCUT2D eigenvalue weighted by molar-refractivity contribution is 0.301. The molecule has 0 spiro atoms. The fourth-order valence-corrected chi connectivity index (χ4v) is 2.81. The second-order valence-electron chi connectivity index (χ2n) is 5.22. The lowest BCUT2D eigenvalue weighted by atomic mass is 9.77. The van der Waals surface area contributed by atoms with Crippen LogP contribution in [-0.4, -0.2) is 14.8 Å². The van der Waals surface area contributed by atoms with Crippen molar-refractivity contribution in [3.8, 4) is 5.69 Å². The van der Waals surface area contributed by atoms with Crippen LogP contribution in [0.5, 0.6) is 0 Å². The van der Waals surface area contributed by atoms with E-state index < -0.39 is 0 Å². The molecule has 0 amide bonds. The van der Waals surface area contributed by atoms with Crippen molar-refractivity contribution in [3.05, 3.63) is 42.2 Å². The minimum Gasteiger partial charge on any atom is -0.321 e. The SMILES string of the molecule is NC1(c2ccc(-n3cncn3)c(F)c2)CCCCC1. The van der Waals surface area contributed by atoms with Crippen molar-refractivity contribution in [1.82, 2.24) is 14.8 Å². The quantitative estimate of drug-likeness (QED) is 0.902. The molecule has 0 radical (unpaired) electrons. The van der Waals surface area contributed by atoms with Gasteiger partial charge >= 0.3 is 0 Å². The molecule has 3 rings (SSSR count). The molecule has 1 aliphatic rings. The monoisotopic (exact) mass is 260 g/mol. The summed E-state index contributed by atoms with van der Waals surface area (Å²) in [5.41, 5.74) is 7.33. The summed E-state index contributed by atoms with van der Waals surface area (Å²) in [5, 5.41) is 3.94. The number of hydrogen-bond donors (Lipinski definition) is 1. The standard InChI is InChI=1S/C14H17FN4/c15-12-8-11(14(16)6-2-1-3-7-14)4-5-13(12)19-10-17-9-18-19/h4-5,8-10H,1-3,6-7,16H2. The maximum Gasteiger partial charge on any atom is 0.149 e. The Hall–Kier alpha value is -1.75. The van der Waals surface area contributed by atoms with Crippen molar-refractivity contribution < 1.29 is 4.39 Å². The zero-order chi connectivity index (χ0) is 13.3. The number of halogens is 1. The van der Waals surface area contributed by atoms with E-state index in [-0.39, 0.29) is 11.4 Å². The Morgan fingerprint density at radius 3 is 2.63 bits per heavy atom. The largest absolute Gasteiger partial charge is 0.321 e. The van der Waals surface area contributed by atoms with Gasteiger partial charge in [-0.25, -0.2) is 14.1 Å². The van der Waals surface area contributed by atoms with E-state index in [1.807, 2.05) is 6.07 Å². The topological polar surface area (TPSA) is 56.7 Å². The third-order valence-electron chi connectivity index (χ3n) is 3.93. The molecule has 2 aromatic rings. The van der Waals surface area contributed by atoms with Gasteiger partial charge < -0.3 is 5.73 Å². The van der Waals surface area contributed by atoms with Crippen LogP contribution in [-0.2, 0) is 5.54 Å². The lowest BCUT2D eigenvalue weighted by Crippen LogP contribution is -2.38. The summed E-state index contributed by atoms with van der Waals surface area (Å²) in [6.07, 6.45) is 8.17. The highest BCUT2D eigenvalue weighted by molar-refractivity contribution is 5.38. The molecule has 2 N–H and O–H groups in total. The van der Waals surface area contributed by atoms with Crippen molar-refractivity contribution in [2.24, 2.45) is 5.73 Å². The van der Waals surface area contributed by atoms with Crippen LogP contribution in [0.2, 0.25) is 0 Å². The molecule has 0 saturated heterocycles. The van der Waals surface area contributed by atoms with Crippen LogP contribution in [0.4, 0.5) is 4.39 Å². The van der Waals surface area contributed by atoms with Gasteiger partial charge in [-0.1, -0.05) is 25.3 Å². The Kier molecular flexibility index (Phi) is 3.06. The molecule has 1 heterocycles. The predicted octanol–water partition coefficient (Wildman–Crippen LogP) is 2.52. The first-order valence-electron chi connectivity index (χ1n) is 6.63. The molecular weight excluding hydrogens is 243 g/mol. The first-order valence-corrected chi connectivity index (χ1v) is 6.63. The summed E-state index contributed by atoms with van der Waals surface area (Å²) in [6, 6.07) is 5.18. The minimum atomic E-state index is -0.375. The van der Waals surface area contributed by atoms with E-state index in [0.29, 0.717) is 5.69 Å². The fourth-order valence-electron chi connectivity index (χ4n) is 2.81. The third-order valence-corrected chi connectivity index (χ3v) is 3.93. The zero-order valence-corrected chi connectivity index (χ0v) is 10.7. The Morgan fingerprint density at radius 2 is 2.00 bits per heavy atom. The molecule has 1 aliphatic carbocycles. The van der Waals surface area contributed by atoms with Gasteiger partial charge in [-0.3, -0.25) is 0 Å². The van der Waals surface area contributed by atoms with Gasteiger partial charge in [0.15, 0.2) is 0 Å². The molecule has 0 bridgehead atoms. The molecule has 0 aliphatic heterocycles. The Balaban J connectivity index is 1.95. The van der Waals surface area contributed by atoms with Crippen molar-refractivity contribution in [2.45, 2.75) is 37.6 Å². The number of aromatic nitrogens is 3. The lowest BCUT2D eigenvalue weighted by Gasteiger charge is -2.34. The van der Waals surface area contributed by atoms with Gasteiger partial charge in [-0.05, 0) is 30.5 Å². The van der Waals surface area contributed by atoms with Crippen LogP contribution in [0.25, 0.3) is 5.69 Å². The molecule has 5 heteroatoms. The average Bonchev–Trinajstić information content (AvgIpc) is 2.93. The maximum atomic E-state index is 14.2. The number of rotatable bonds is 2. The number of nitrogens with zero attached hydrogens (tertiary/aromatic N) is 3. The Bertz CT molecular complexity index is 559. The van der Waals surface area contributed by atoms with Gasteiger partial charge in [0, 0.05) is 5.54 Å². The predicted molar refractivity (Wildman–Crippen MR) is 70.3 cm³/mol. The summed E-state index contributed by atoms with van der Waals surface area (Å²) in [7, 11) is 0. The summed E-state index contributed by atoms with van der Waals surface area (Å²) in [6.45, 7) is 0. The van der Waals surface area contributed by atoms with Crippen LogP contribution in [0.15, 0.2) is 30.9 Å². The number of benzene rings is 1. The minimum absolute atomic E-state index is 0.307. The van der Waals surface area contributed by atoms with Crippen LogP contribution >= 0.6 is 0 Å². The first kappa shape index (κ1) is 12.3. The van der Waals surface area contributed by atoms with Crippen LogP contribution in [0.1, 0.15) is 37.7 Å². The van der Waals surface area contributed by atoms with Crippen LogP contribution < -0.4 is 5.73 Å². The van der Waals surface area contributed by atoms with E-state index in [2.05, 4.69) is 10.1 Å². The van der Waals surface area contributed by atoms with Crippen LogP contribution in [0, 0.1) is 5.82 Å². The summed E-state index contributed by atoms with van der Waals surface area (Å²) < 4.78 is 15.6. The molecule has 1 saturated carbocycles. The van der Waals surface area contributed by atoms with Gasteiger partial charge in [-0.2, -0.15) is 5.10 Å². The van der Waals surface area contributed by atoms with Gasteiger partial charge in [0.2, 0.25) is 0 Å². The van der Waals surface area contributed by atoms with E-state index in [0.717, 1.165) is 31.2 Å². The van der Waals surface area contributed by atoms with Crippen molar-refractivity contribution >= 4 is 0 Å². The van der Waals surface area contributed by atoms with Gasteiger partial charge in [0.1, 0.15) is 24.2 Å². The van der Waals surface area contributed by atoms with E-state index in [1.165, 1.54) is 23.8 Å². The Labute approximate surface area is 111 Å². The zero-order valence-electron chi connectivity index (χ0n) is 10.7. The summed E-state index contributed by atoms with van der Waals surface area (Å²) in [5.74, 6) is -0.307. The molecule has 19 heavy (non-hydrogen) atoms. The average molecular weight is 260 g/mol. The molecule has 1 fully saturated rings. The van der Waals surface area contributed by atoms with Crippen LogP contribution in [0.3, 0.4) is 0 Å². The second-order valence-corrected chi connectivity index (χ2v) is 5.22. The normalized spacial score (nSPS) is 18.4. The molecule has 100 valence electrons. The highest BCUT2D eigenvalue weighted by Gasteiger charge is 2.30. The number of hydrogen-bond acceptors (Lipinski definition) is 3. The molecular formula is C14H17FN4. The molecule has 1 aromatic carbocycles. The highest BCUT2D eigenvalue weighted by Crippen LogP contribution is 2.35. The number of nitrogens with two attached hydrogens (primary N) is 1. The van der Waals surface area contributed by atoms with E-state index in [9.17, 15) is 4.39 Å². The van der Waals surface area contributed by atoms with E-state index in [1.54, 1.807) is 12.1 Å². The summed E-state index contributed by atoms with van der Waals surface area (Å²) in [4.78, 5) is 3.83. The van der Waals surface area contributed by atoms with Crippen molar-refractivity contribution in [1.29, 1.82) is 0 Å². The van der Waals surface area contributed by atoms with E-state index >= 15 is 0 Å². The van der Waals surface area contributed by atoms with Gasteiger partial charge in [-0.15, -0.1) is 0 Å². The van der Waals surface area contributed by atoms with Gasteiger partial charge in [0.05, 0.1) is 0 Å². The van der Waals surface area contributed by atoms with Gasteiger partial charge in [0.25, 0.3) is 0 Å². The van der Waals surface area contributed by atoms with Crippen molar-refractivity contribution in [2.75, 3.05) is 0 Å². The highest BCUT2D eigenvalue weighted by atomic mass is 19.1.